The van der Waals surface area contributed by atoms with E-state index in [1.54, 1.807) is 0 Å². The van der Waals surface area contributed by atoms with Gasteiger partial charge in [0.25, 0.3) is 0 Å². The Morgan fingerprint density at radius 2 is 1.73 bits per heavy atom. The van der Waals surface area contributed by atoms with Crippen LogP contribution in [0.25, 0.3) is 0 Å². The lowest BCUT2D eigenvalue weighted by atomic mass is 10.1. The molecule has 0 aliphatic carbocycles. The van der Waals surface area contributed by atoms with Gasteiger partial charge in [0.1, 0.15) is 0 Å². The molecule has 0 bridgehead atoms. The van der Waals surface area contributed by atoms with Gasteiger partial charge in [-0.2, -0.15) is 5.26 Å². The van der Waals surface area contributed by atoms with E-state index in [9.17, 15) is 0 Å². The van der Waals surface area contributed by atoms with E-state index in [0.29, 0.717) is 0 Å². The Morgan fingerprint density at radius 3 is 2.09 bits per heavy atom. The predicted molar refractivity (Wildman–Crippen MR) is 39.3 cm³/mol. The molecule has 11 heavy (non-hydrogen) atoms. The van der Waals surface area contributed by atoms with Crippen LogP contribution in [0.5, 0.6) is 0 Å². The highest BCUT2D eigenvalue weighted by molar-refractivity contribution is 5.35. The number of benzene rings is 1. The van der Waals surface area contributed by atoms with E-state index < -0.39 is 0 Å². The molecular weight excluding hydrogens is 138 g/mol. The van der Waals surface area contributed by atoms with E-state index >= 15 is 0 Å². The molecule has 0 N–H and O–H groups in total. The zero-order valence-electron chi connectivity index (χ0n) is 6.15. The van der Waals surface area contributed by atoms with Crippen molar-refractivity contribution in [3.05, 3.63) is 35.4 Å². The molecule has 0 aromatic heterocycles. The van der Waals surface area contributed by atoms with Crippen LogP contribution in [0.4, 0.5) is 0 Å². The van der Waals surface area contributed by atoms with Crippen molar-refractivity contribution in [3.63, 3.8) is 0 Å². The molecule has 0 atom stereocenters. The Kier molecular flexibility index (Phi) is 4.12. The van der Waals surface area contributed by atoms with Crippen LogP contribution < -0.4 is 0 Å². The molecule has 1 aromatic rings. The Morgan fingerprint density at radius 1 is 1.18 bits per heavy atom. The lowest BCUT2D eigenvalue weighted by Gasteiger charge is -1.90. The first-order valence-corrected chi connectivity index (χ1v) is 3.00. The molecule has 0 fully saturated rings. The van der Waals surface area contributed by atoms with Crippen LogP contribution in [0.2, 0.25) is 0 Å². The highest BCUT2D eigenvalue weighted by atomic mass is 14.6. The number of nitrogens with zero attached hydrogens (tertiary/aromatic N) is 3. The summed E-state index contributed by atoms with van der Waals surface area (Å²) in [6.07, 6.45) is 0. The molecule has 1 aromatic carbocycles. The zero-order valence-corrected chi connectivity index (χ0v) is 6.15. The Balaban J connectivity index is 0.000000461. The molecule has 54 valence electrons. The lowest BCUT2D eigenvalue weighted by molar-refractivity contribution is 1.15. The van der Waals surface area contributed by atoms with Gasteiger partial charge in [-0.05, 0) is 18.6 Å². The summed E-state index contributed by atoms with van der Waals surface area (Å²) >= 11 is 0. The van der Waals surface area contributed by atoms with Crippen molar-refractivity contribution in [1.29, 1.82) is 16.0 Å². The summed E-state index contributed by atoms with van der Waals surface area (Å²) < 4.78 is 0. The van der Waals surface area contributed by atoms with Crippen LogP contribution in [-0.4, -0.2) is 0 Å². The van der Waals surface area contributed by atoms with E-state index in [1.807, 2.05) is 31.2 Å². The van der Waals surface area contributed by atoms with Crippen molar-refractivity contribution in [2.75, 3.05) is 0 Å². The normalized spacial score (nSPS) is 7.09. The molecule has 0 spiro atoms. The summed E-state index contributed by atoms with van der Waals surface area (Å²) in [5.41, 5.74) is 1.80. The fourth-order valence-corrected chi connectivity index (χ4v) is 0.698. The van der Waals surface area contributed by atoms with Gasteiger partial charge in [0.15, 0.2) is 0 Å². The number of aryl methyl sites for hydroxylation is 1. The van der Waals surface area contributed by atoms with Gasteiger partial charge in [0.2, 0.25) is 0 Å². The molecule has 0 aliphatic heterocycles. The van der Waals surface area contributed by atoms with E-state index in [0.717, 1.165) is 11.1 Å². The lowest BCUT2D eigenvalue weighted by Crippen LogP contribution is -1.77. The van der Waals surface area contributed by atoms with Gasteiger partial charge in [0, 0.05) is 10.8 Å². The average molecular weight is 145 g/mol. The smallest absolute Gasteiger partial charge is 0.0994 e. The van der Waals surface area contributed by atoms with Crippen LogP contribution in [0.15, 0.2) is 24.3 Å². The van der Waals surface area contributed by atoms with Crippen molar-refractivity contribution < 1.29 is 0 Å². The number of hydrogen-bond acceptors (Lipinski definition) is 3. The van der Waals surface area contributed by atoms with Crippen LogP contribution in [0.3, 0.4) is 0 Å². The first-order valence-electron chi connectivity index (χ1n) is 3.00. The van der Waals surface area contributed by atoms with Crippen molar-refractivity contribution >= 4 is 0 Å². The summed E-state index contributed by atoms with van der Waals surface area (Å²) in [6, 6.07) is 9.63. The molecule has 3 nitrogen and oxygen atoms in total. The van der Waals surface area contributed by atoms with E-state index in [4.69, 9.17) is 16.0 Å². The number of rotatable bonds is 0. The minimum absolute atomic E-state index is 0.762. The molecule has 0 saturated carbocycles. The molecule has 0 aliphatic rings. The van der Waals surface area contributed by atoms with Crippen molar-refractivity contribution in [2.24, 2.45) is 0 Å². The average Bonchev–Trinajstić information content (AvgIpc) is 2.09. The topological polar surface area (TPSA) is 71.4 Å². The van der Waals surface area contributed by atoms with Crippen LogP contribution in [0.1, 0.15) is 11.1 Å². The van der Waals surface area contributed by atoms with Crippen molar-refractivity contribution in [1.82, 2.24) is 0 Å². The standard InChI is InChI=1S/C8H7N.N2/c1-7-4-2-3-5-8(7)6-9;1-2/h2-5H,1H3;. The zero-order chi connectivity index (χ0) is 8.69. The van der Waals surface area contributed by atoms with Gasteiger partial charge < -0.3 is 0 Å². The summed E-state index contributed by atoms with van der Waals surface area (Å²) in [5, 5.41) is 20.5. The number of nitriles is 1. The second-order valence-electron chi connectivity index (χ2n) is 1.93. The minimum Gasteiger partial charge on any atom is -0.192 e. The molecule has 0 radical (unpaired) electrons. The third-order valence-corrected chi connectivity index (χ3v) is 1.27. The molecule has 3 heteroatoms. The Bertz CT molecular complexity index is 283. The maximum absolute atomic E-state index is 8.47. The maximum Gasteiger partial charge on any atom is 0.0994 e. The summed E-state index contributed by atoms with van der Waals surface area (Å²) in [6.45, 7) is 1.93. The second-order valence-corrected chi connectivity index (χ2v) is 1.93. The van der Waals surface area contributed by atoms with Gasteiger partial charge in [-0.3, -0.25) is 0 Å². The third-order valence-electron chi connectivity index (χ3n) is 1.27. The quantitative estimate of drug-likeness (QED) is 0.523. The van der Waals surface area contributed by atoms with Gasteiger partial charge in [-0.15, -0.1) is 0 Å². The molecule has 1 rings (SSSR count). The largest absolute Gasteiger partial charge is 0.192 e. The van der Waals surface area contributed by atoms with Crippen LogP contribution in [0, 0.1) is 29.0 Å². The number of hydrogen-bond donors (Lipinski definition) is 0. The van der Waals surface area contributed by atoms with Gasteiger partial charge in [-0.25, -0.2) is 0 Å². The highest BCUT2D eigenvalue weighted by Gasteiger charge is 1.89. The minimum atomic E-state index is 0.762. The van der Waals surface area contributed by atoms with E-state index in [2.05, 4.69) is 6.07 Å². The molecule has 0 unspecified atom stereocenters. The molecule has 0 heterocycles. The van der Waals surface area contributed by atoms with E-state index in [-0.39, 0.29) is 0 Å². The SMILES string of the molecule is Cc1ccccc1C#N.N#N. The fourth-order valence-electron chi connectivity index (χ4n) is 0.698. The molecule has 0 saturated heterocycles. The second kappa shape index (κ2) is 4.96. The Labute approximate surface area is 65.3 Å². The van der Waals surface area contributed by atoms with Crippen LogP contribution >= 0.6 is 0 Å². The van der Waals surface area contributed by atoms with Gasteiger partial charge >= 0.3 is 0 Å². The van der Waals surface area contributed by atoms with Crippen LogP contribution in [-0.2, 0) is 0 Å². The van der Waals surface area contributed by atoms with Gasteiger partial charge in [0.05, 0.1) is 11.6 Å². The van der Waals surface area contributed by atoms with Crippen molar-refractivity contribution in [3.8, 4) is 6.07 Å². The third kappa shape index (κ3) is 2.47. The fraction of sp³-hybridized carbons (Fsp3) is 0.125. The van der Waals surface area contributed by atoms with Gasteiger partial charge in [-0.1, -0.05) is 18.2 Å². The highest BCUT2D eigenvalue weighted by Crippen LogP contribution is 2.03. The summed E-state index contributed by atoms with van der Waals surface area (Å²) in [7, 11) is 0. The van der Waals surface area contributed by atoms with Crippen molar-refractivity contribution in [2.45, 2.75) is 6.92 Å². The monoisotopic (exact) mass is 145 g/mol. The predicted octanol–water partition coefficient (Wildman–Crippen LogP) is 1.90. The molecule has 0 amide bonds. The Hall–Kier alpha value is -1.87. The maximum atomic E-state index is 8.47. The first kappa shape index (κ1) is 9.13. The summed E-state index contributed by atoms with van der Waals surface area (Å²) in [4.78, 5) is 0. The summed E-state index contributed by atoms with van der Waals surface area (Å²) in [5.74, 6) is 0. The first-order chi connectivity index (χ1) is 5.34. The van der Waals surface area contributed by atoms with E-state index in [1.165, 1.54) is 0 Å². The molecular formula is C8H7N3.